The number of carbonyl (C=O) groups excluding carboxylic acids is 3. The molecule has 1 N–H and O–H groups in total. The van der Waals surface area contributed by atoms with Crippen molar-refractivity contribution in [3.8, 4) is 5.82 Å². The van der Waals surface area contributed by atoms with E-state index in [0.29, 0.717) is 22.8 Å². The summed E-state index contributed by atoms with van der Waals surface area (Å²) >= 11 is 0. The second kappa shape index (κ2) is 9.71. The third-order valence-corrected chi connectivity index (χ3v) is 4.57. The molecule has 3 rings (SSSR count). The van der Waals surface area contributed by atoms with Gasteiger partial charge in [0.2, 0.25) is 11.7 Å². The van der Waals surface area contributed by atoms with Gasteiger partial charge in [0.05, 0.1) is 0 Å². The Hall–Kier alpha value is -3.94. The molecule has 0 spiro atoms. The van der Waals surface area contributed by atoms with Gasteiger partial charge in [0.15, 0.2) is 12.4 Å². The fourth-order valence-corrected chi connectivity index (χ4v) is 3.09. The second-order valence-electron chi connectivity index (χ2n) is 6.96. The zero-order valence-corrected chi connectivity index (χ0v) is 17.5. The van der Waals surface area contributed by atoms with E-state index < -0.39 is 18.5 Å². The SMILES string of the molecule is Cc1cc(-n2c(C)cc(C(=O)COC(=O)CNC(=O)/C=C/c3ccccc3)c2C)no1. The number of amides is 1. The molecule has 2 aromatic heterocycles. The van der Waals surface area contributed by atoms with Gasteiger partial charge in [0, 0.05) is 29.1 Å². The zero-order valence-electron chi connectivity index (χ0n) is 17.5. The smallest absolute Gasteiger partial charge is 0.325 e. The minimum Gasteiger partial charge on any atom is -0.456 e. The molecular weight excluding hydrogens is 398 g/mol. The highest BCUT2D eigenvalue weighted by Crippen LogP contribution is 2.21. The van der Waals surface area contributed by atoms with Crippen molar-refractivity contribution >= 4 is 23.7 Å². The maximum atomic E-state index is 12.5. The van der Waals surface area contributed by atoms with Gasteiger partial charge in [-0.2, -0.15) is 0 Å². The molecule has 1 amide bonds. The van der Waals surface area contributed by atoms with Crippen LogP contribution in [0.25, 0.3) is 11.9 Å². The maximum absolute atomic E-state index is 12.5. The molecule has 3 aromatic rings. The fourth-order valence-electron chi connectivity index (χ4n) is 3.09. The lowest BCUT2D eigenvalue weighted by atomic mass is 10.1. The molecule has 0 aliphatic rings. The number of aryl methyl sites for hydroxylation is 2. The van der Waals surface area contributed by atoms with Crippen LogP contribution in [0.1, 0.15) is 33.1 Å². The van der Waals surface area contributed by atoms with Gasteiger partial charge in [-0.15, -0.1) is 0 Å². The molecule has 0 radical (unpaired) electrons. The molecule has 2 heterocycles. The molecule has 31 heavy (non-hydrogen) atoms. The van der Waals surface area contributed by atoms with Crippen molar-refractivity contribution in [1.82, 2.24) is 15.0 Å². The van der Waals surface area contributed by atoms with Crippen molar-refractivity contribution in [1.29, 1.82) is 0 Å². The van der Waals surface area contributed by atoms with Crippen LogP contribution in [0.3, 0.4) is 0 Å². The third kappa shape index (κ3) is 5.57. The molecule has 8 heteroatoms. The lowest BCUT2D eigenvalue weighted by molar-refractivity contribution is -0.142. The van der Waals surface area contributed by atoms with Gasteiger partial charge >= 0.3 is 5.97 Å². The van der Waals surface area contributed by atoms with Crippen molar-refractivity contribution in [2.75, 3.05) is 13.2 Å². The van der Waals surface area contributed by atoms with Gasteiger partial charge in [-0.3, -0.25) is 19.0 Å². The summed E-state index contributed by atoms with van der Waals surface area (Å²) in [7, 11) is 0. The number of Topliss-reactive ketones (excluding diaryl/α,β-unsaturated/α-hetero) is 1. The first-order chi connectivity index (χ1) is 14.8. The first-order valence-electron chi connectivity index (χ1n) is 9.67. The van der Waals surface area contributed by atoms with Crippen molar-refractivity contribution in [3.63, 3.8) is 0 Å². The van der Waals surface area contributed by atoms with Crippen molar-refractivity contribution in [3.05, 3.63) is 76.8 Å². The Morgan fingerprint density at radius 1 is 1.13 bits per heavy atom. The minimum absolute atomic E-state index is 0.331. The summed E-state index contributed by atoms with van der Waals surface area (Å²) in [5, 5.41) is 6.41. The van der Waals surface area contributed by atoms with Crippen molar-refractivity contribution < 1.29 is 23.6 Å². The Bertz CT molecular complexity index is 1130. The molecular formula is C23H23N3O5. The lowest BCUT2D eigenvalue weighted by Crippen LogP contribution is -2.30. The number of ether oxygens (including phenoxy) is 1. The summed E-state index contributed by atoms with van der Waals surface area (Å²) in [6, 6.07) is 12.8. The topological polar surface area (TPSA) is 103 Å². The Morgan fingerprint density at radius 3 is 2.55 bits per heavy atom. The zero-order chi connectivity index (χ0) is 22.4. The summed E-state index contributed by atoms with van der Waals surface area (Å²) < 4.78 is 11.9. The highest BCUT2D eigenvalue weighted by atomic mass is 16.5. The summed E-state index contributed by atoms with van der Waals surface area (Å²) in [5.41, 5.74) is 2.77. The van der Waals surface area contributed by atoms with Gasteiger partial charge in [0.1, 0.15) is 12.3 Å². The molecule has 0 atom stereocenters. The standard InChI is InChI=1S/C23H23N3O5/c1-15-11-19(17(3)26(15)21-12-16(2)31-25-21)20(27)14-30-23(29)13-24-22(28)10-9-18-7-5-4-6-8-18/h4-12H,13-14H2,1-3H3,(H,24,28)/b10-9+. The average Bonchev–Trinajstić information content (AvgIpc) is 3.31. The first kappa shape index (κ1) is 21.8. The number of hydrogen-bond acceptors (Lipinski definition) is 6. The molecule has 160 valence electrons. The number of nitrogens with one attached hydrogen (secondary N) is 1. The number of aromatic nitrogens is 2. The molecule has 0 bridgehead atoms. The van der Waals surface area contributed by atoms with Gasteiger partial charge in [-0.25, -0.2) is 0 Å². The number of nitrogens with zero attached hydrogens (tertiary/aromatic N) is 2. The summed E-state index contributed by atoms with van der Waals surface area (Å²) in [6.45, 7) is 4.66. The van der Waals surface area contributed by atoms with Crippen LogP contribution < -0.4 is 5.32 Å². The van der Waals surface area contributed by atoms with Crippen LogP contribution >= 0.6 is 0 Å². The van der Waals surface area contributed by atoms with Crippen LogP contribution in [0.2, 0.25) is 0 Å². The second-order valence-corrected chi connectivity index (χ2v) is 6.96. The van der Waals surface area contributed by atoms with E-state index >= 15 is 0 Å². The Morgan fingerprint density at radius 2 is 1.87 bits per heavy atom. The number of esters is 1. The van der Waals surface area contributed by atoms with Crippen LogP contribution in [0.4, 0.5) is 0 Å². The monoisotopic (exact) mass is 421 g/mol. The normalized spacial score (nSPS) is 10.9. The summed E-state index contributed by atoms with van der Waals surface area (Å²) in [5.74, 6) is -0.239. The predicted octanol–water partition coefficient (Wildman–Crippen LogP) is 2.95. The number of ketones is 1. The molecule has 0 saturated heterocycles. The van der Waals surface area contributed by atoms with Crippen LogP contribution in [-0.4, -0.2) is 40.5 Å². The predicted molar refractivity (Wildman–Crippen MR) is 114 cm³/mol. The van der Waals surface area contributed by atoms with E-state index in [-0.39, 0.29) is 12.3 Å². The minimum atomic E-state index is -0.698. The first-order valence-corrected chi connectivity index (χ1v) is 9.67. The molecule has 0 aliphatic carbocycles. The number of benzene rings is 1. The maximum Gasteiger partial charge on any atom is 0.325 e. The Labute approximate surface area is 179 Å². The van der Waals surface area contributed by atoms with Crippen LogP contribution in [-0.2, 0) is 14.3 Å². The van der Waals surface area contributed by atoms with Gasteiger partial charge in [0.25, 0.3) is 0 Å². The quantitative estimate of drug-likeness (QED) is 0.341. The number of rotatable bonds is 8. The highest BCUT2D eigenvalue weighted by molar-refractivity contribution is 5.99. The lowest BCUT2D eigenvalue weighted by Gasteiger charge is -2.06. The van der Waals surface area contributed by atoms with Crippen molar-refractivity contribution in [2.45, 2.75) is 20.8 Å². The summed E-state index contributed by atoms with van der Waals surface area (Å²) in [4.78, 5) is 36.2. The van der Waals surface area contributed by atoms with Crippen LogP contribution in [0, 0.1) is 20.8 Å². The molecule has 0 saturated carbocycles. The van der Waals surface area contributed by atoms with Gasteiger partial charge in [-0.1, -0.05) is 35.5 Å². The third-order valence-electron chi connectivity index (χ3n) is 4.57. The molecule has 1 aromatic carbocycles. The van der Waals surface area contributed by atoms with E-state index in [1.54, 1.807) is 36.6 Å². The van der Waals surface area contributed by atoms with E-state index in [9.17, 15) is 14.4 Å². The van der Waals surface area contributed by atoms with E-state index in [4.69, 9.17) is 9.26 Å². The molecule has 0 unspecified atom stereocenters. The largest absolute Gasteiger partial charge is 0.456 e. The van der Waals surface area contributed by atoms with E-state index in [2.05, 4.69) is 10.5 Å². The Kier molecular flexibility index (Phi) is 6.81. The summed E-state index contributed by atoms with van der Waals surface area (Å²) in [6.07, 6.45) is 2.96. The molecule has 8 nitrogen and oxygen atoms in total. The number of carbonyl (C=O) groups is 3. The van der Waals surface area contributed by atoms with Gasteiger partial charge in [-0.05, 0) is 38.5 Å². The van der Waals surface area contributed by atoms with E-state index in [1.165, 1.54) is 6.08 Å². The fraction of sp³-hybridized carbons (Fsp3) is 0.217. The molecule has 0 aliphatic heterocycles. The Balaban J connectivity index is 1.51. The average molecular weight is 421 g/mol. The number of hydrogen-bond donors (Lipinski definition) is 1. The van der Waals surface area contributed by atoms with Crippen LogP contribution in [0.15, 0.2) is 53.1 Å². The van der Waals surface area contributed by atoms with Gasteiger partial charge < -0.3 is 14.6 Å². The molecule has 0 fully saturated rings. The van der Waals surface area contributed by atoms with Crippen molar-refractivity contribution in [2.24, 2.45) is 0 Å². The van der Waals surface area contributed by atoms with E-state index in [0.717, 1.165) is 11.3 Å². The highest BCUT2D eigenvalue weighted by Gasteiger charge is 2.19. The van der Waals surface area contributed by atoms with Crippen LogP contribution in [0.5, 0.6) is 0 Å². The van der Waals surface area contributed by atoms with E-state index in [1.807, 2.05) is 37.3 Å².